The van der Waals surface area contributed by atoms with Gasteiger partial charge in [0.2, 0.25) is 15.9 Å². The Morgan fingerprint density at radius 3 is 2.53 bits per heavy atom. The van der Waals surface area contributed by atoms with Crippen molar-refractivity contribution >= 4 is 37.5 Å². The van der Waals surface area contributed by atoms with E-state index in [1.807, 2.05) is 39.2 Å². The van der Waals surface area contributed by atoms with Crippen LogP contribution in [0.3, 0.4) is 0 Å². The van der Waals surface area contributed by atoms with Crippen molar-refractivity contribution in [3.05, 3.63) is 71.4 Å². The number of aromatic nitrogens is 4. The van der Waals surface area contributed by atoms with E-state index >= 15 is 0 Å². The molecule has 0 spiro atoms. The summed E-state index contributed by atoms with van der Waals surface area (Å²) in [5.41, 5.74) is 5.86. The molecule has 5 rings (SSSR count). The second kappa shape index (κ2) is 8.63. The van der Waals surface area contributed by atoms with E-state index in [9.17, 15) is 17.9 Å². The van der Waals surface area contributed by atoms with Crippen molar-refractivity contribution in [2.24, 2.45) is 7.05 Å². The molecule has 0 aliphatic carbocycles. The van der Waals surface area contributed by atoms with E-state index in [1.54, 1.807) is 28.4 Å². The number of benzene rings is 2. The number of halogens is 1. The highest BCUT2D eigenvalue weighted by atomic mass is 32.2. The number of hydrogen-bond acceptors (Lipinski definition) is 5. The number of aryl methyl sites for hydroxylation is 3. The van der Waals surface area contributed by atoms with E-state index in [4.69, 9.17) is 0 Å². The van der Waals surface area contributed by atoms with E-state index in [0.29, 0.717) is 23.1 Å². The van der Waals surface area contributed by atoms with Gasteiger partial charge < -0.3 is 9.67 Å². The minimum atomic E-state index is -3.56. The molecule has 0 fully saturated rings. The van der Waals surface area contributed by atoms with Crippen LogP contribution in [0.15, 0.2) is 48.9 Å². The summed E-state index contributed by atoms with van der Waals surface area (Å²) in [4.78, 5) is 3.98. The number of fused-ring (bicyclic) bond motifs is 2. The van der Waals surface area contributed by atoms with Crippen molar-refractivity contribution in [2.45, 2.75) is 27.3 Å². The maximum Gasteiger partial charge on any atom is 0.236 e. The van der Waals surface area contributed by atoms with Gasteiger partial charge in [0.1, 0.15) is 11.3 Å². The number of nitrogens with one attached hydrogen (secondary N) is 1. The molecule has 3 aromatic heterocycles. The molecule has 0 aliphatic rings. The summed E-state index contributed by atoms with van der Waals surface area (Å²) in [5, 5.41) is 16.3. The molecule has 36 heavy (non-hydrogen) atoms. The number of sulfonamides is 1. The lowest BCUT2D eigenvalue weighted by Gasteiger charge is -2.13. The Morgan fingerprint density at radius 1 is 1.11 bits per heavy atom. The minimum Gasteiger partial charge on any atom is -0.492 e. The lowest BCUT2D eigenvalue weighted by atomic mass is 10.0. The number of anilines is 1. The monoisotopic (exact) mass is 507 g/mol. The van der Waals surface area contributed by atoms with Crippen LogP contribution in [-0.2, 0) is 23.6 Å². The van der Waals surface area contributed by atoms with Gasteiger partial charge in [-0.25, -0.2) is 17.8 Å². The van der Waals surface area contributed by atoms with Gasteiger partial charge in [-0.1, -0.05) is 0 Å². The van der Waals surface area contributed by atoms with Crippen molar-refractivity contribution in [1.82, 2.24) is 19.3 Å². The average molecular weight is 508 g/mol. The summed E-state index contributed by atoms with van der Waals surface area (Å²) in [6.07, 6.45) is 5.05. The van der Waals surface area contributed by atoms with Crippen LogP contribution in [-0.4, -0.2) is 38.6 Å². The molecule has 0 bridgehead atoms. The number of nitrogens with zero attached hydrogens (tertiary/aromatic N) is 4. The zero-order valence-electron chi connectivity index (χ0n) is 20.4. The zero-order valence-corrected chi connectivity index (χ0v) is 21.2. The van der Waals surface area contributed by atoms with Gasteiger partial charge in [0.15, 0.2) is 0 Å². The van der Waals surface area contributed by atoms with Crippen molar-refractivity contribution in [3.8, 4) is 17.0 Å². The summed E-state index contributed by atoms with van der Waals surface area (Å²) < 4.78 is 45.2. The Morgan fingerprint density at radius 2 is 1.83 bits per heavy atom. The fraction of sp³-hybridized carbons (Fsp3) is 0.231. The van der Waals surface area contributed by atoms with Crippen LogP contribution in [0.4, 0.5) is 10.1 Å². The maximum absolute atomic E-state index is 13.9. The average Bonchev–Trinajstić information content (AvgIpc) is 3.37. The molecule has 8 nitrogen and oxygen atoms in total. The third-order valence-electron chi connectivity index (χ3n) is 6.56. The predicted molar refractivity (Wildman–Crippen MR) is 139 cm³/mol. The zero-order chi connectivity index (χ0) is 25.8. The Labute approximate surface area is 208 Å². The van der Waals surface area contributed by atoms with Crippen LogP contribution in [0, 0.1) is 19.7 Å². The molecule has 2 aromatic carbocycles. The van der Waals surface area contributed by atoms with Crippen LogP contribution in [0.25, 0.3) is 32.9 Å². The molecule has 2 N–H and O–H groups in total. The fourth-order valence-corrected chi connectivity index (χ4v) is 5.34. The van der Waals surface area contributed by atoms with Crippen molar-refractivity contribution in [1.29, 1.82) is 0 Å². The lowest BCUT2D eigenvalue weighted by molar-refractivity contribution is 0.457. The summed E-state index contributed by atoms with van der Waals surface area (Å²) in [6, 6.07) is 8.54. The van der Waals surface area contributed by atoms with E-state index in [-0.39, 0.29) is 17.5 Å². The second-order valence-electron chi connectivity index (χ2n) is 8.97. The second-order valence-corrected chi connectivity index (χ2v) is 11.0. The van der Waals surface area contributed by atoms with Gasteiger partial charge in [0.25, 0.3) is 0 Å². The quantitative estimate of drug-likeness (QED) is 0.342. The highest BCUT2D eigenvalue weighted by Gasteiger charge is 2.19. The Kier molecular flexibility index (Phi) is 5.71. The molecule has 0 amide bonds. The lowest BCUT2D eigenvalue weighted by Crippen LogP contribution is -2.15. The van der Waals surface area contributed by atoms with E-state index in [1.165, 1.54) is 18.3 Å². The van der Waals surface area contributed by atoms with Crippen LogP contribution in [0.1, 0.15) is 23.6 Å². The normalized spacial score (nSPS) is 12.0. The molecule has 0 unspecified atom stereocenters. The number of hydrogen-bond donors (Lipinski definition) is 2. The molecule has 0 saturated heterocycles. The van der Waals surface area contributed by atoms with Gasteiger partial charge in [-0.05, 0) is 73.4 Å². The first kappa shape index (κ1) is 23.8. The third kappa shape index (κ3) is 4.07. The van der Waals surface area contributed by atoms with E-state index in [2.05, 4.69) is 14.8 Å². The smallest absolute Gasteiger partial charge is 0.236 e. The maximum atomic E-state index is 13.9. The van der Waals surface area contributed by atoms with Gasteiger partial charge in [0, 0.05) is 35.8 Å². The summed E-state index contributed by atoms with van der Waals surface area (Å²) in [5.74, 6) is -0.442. The highest BCUT2D eigenvalue weighted by Crippen LogP contribution is 2.38. The van der Waals surface area contributed by atoms with Gasteiger partial charge in [0.05, 0.1) is 29.7 Å². The van der Waals surface area contributed by atoms with Crippen molar-refractivity contribution < 1.29 is 17.9 Å². The van der Waals surface area contributed by atoms with Crippen molar-refractivity contribution in [3.63, 3.8) is 0 Å². The molecule has 0 atom stereocenters. The molecule has 10 heteroatoms. The molecule has 5 aromatic rings. The SMILES string of the molecule is CCS(=O)(=O)Nc1cc(-c2cn(C)c3c(O)nccc23)cc2c1cnn2Cc1c(C)cc(F)cc1C. The summed E-state index contributed by atoms with van der Waals surface area (Å²) in [7, 11) is -1.74. The minimum absolute atomic E-state index is 0.0748. The van der Waals surface area contributed by atoms with Gasteiger partial charge in [-0.2, -0.15) is 5.10 Å². The number of rotatable bonds is 6. The molecule has 186 valence electrons. The van der Waals surface area contributed by atoms with Gasteiger partial charge in [-0.3, -0.25) is 9.40 Å². The standard InChI is InChI=1S/C26H26FN5O3S/c1-5-36(34,35)30-23-10-17(22-13-31(4)25-19(22)6-7-28-26(25)33)11-24-20(23)12-29-32(24)14-21-15(2)8-18(27)9-16(21)3/h6-13,30H,5,14H2,1-4H3,(H,28,33). The largest absolute Gasteiger partial charge is 0.492 e. The molecular weight excluding hydrogens is 481 g/mol. The van der Waals surface area contributed by atoms with Crippen LogP contribution in [0.5, 0.6) is 5.88 Å². The first-order valence-corrected chi connectivity index (χ1v) is 13.1. The first-order valence-electron chi connectivity index (χ1n) is 11.5. The van der Waals surface area contributed by atoms with Crippen molar-refractivity contribution in [2.75, 3.05) is 10.5 Å². The molecule has 0 aliphatic heterocycles. The molecule has 0 saturated carbocycles. The predicted octanol–water partition coefficient (Wildman–Crippen LogP) is 4.86. The van der Waals surface area contributed by atoms with Crippen LogP contribution < -0.4 is 4.72 Å². The first-order chi connectivity index (χ1) is 17.1. The molecule has 3 heterocycles. The summed E-state index contributed by atoms with van der Waals surface area (Å²) >= 11 is 0. The van der Waals surface area contributed by atoms with E-state index in [0.717, 1.165) is 38.7 Å². The third-order valence-corrected chi connectivity index (χ3v) is 7.85. The molecule has 0 radical (unpaired) electrons. The van der Waals surface area contributed by atoms with Crippen LogP contribution >= 0.6 is 0 Å². The molecular formula is C26H26FN5O3S. The van der Waals surface area contributed by atoms with Crippen LogP contribution in [0.2, 0.25) is 0 Å². The highest BCUT2D eigenvalue weighted by molar-refractivity contribution is 7.92. The Hall–Kier alpha value is -3.92. The summed E-state index contributed by atoms with van der Waals surface area (Å²) in [6.45, 7) is 5.69. The van der Waals surface area contributed by atoms with Gasteiger partial charge >= 0.3 is 0 Å². The Bertz CT molecular complexity index is 1730. The Balaban J connectivity index is 1.74. The number of aromatic hydroxyl groups is 1. The topological polar surface area (TPSA) is 102 Å². The van der Waals surface area contributed by atoms with E-state index < -0.39 is 10.0 Å². The van der Waals surface area contributed by atoms with Gasteiger partial charge in [-0.15, -0.1) is 0 Å². The number of pyridine rings is 1. The fourth-order valence-electron chi connectivity index (χ4n) is 4.69.